The molecule has 1 aromatic carbocycles. The molecule has 0 bridgehead atoms. The molecule has 21 heavy (non-hydrogen) atoms. The van der Waals surface area contributed by atoms with Gasteiger partial charge in [0.2, 0.25) is 0 Å². The minimum absolute atomic E-state index is 0.198. The second kappa shape index (κ2) is 6.78. The van der Waals surface area contributed by atoms with Crippen molar-refractivity contribution in [3.05, 3.63) is 23.1 Å². The van der Waals surface area contributed by atoms with E-state index in [0.717, 1.165) is 15.8 Å². The van der Waals surface area contributed by atoms with Crippen LogP contribution in [0.25, 0.3) is 10.1 Å². The highest BCUT2D eigenvalue weighted by molar-refractivity contribution is 7.21. The zero-order valence-corrected chi connectivity index (χ0v) is 13.0. The third-order valence-corrected chi connectivity index (χ3v) is 4.54. The Morgan fingerprint density at radius 1 is 1.52 bits per heavy atom. The Balaban J connectivity index is 2.14. The van der Waals surface area contributed by atoms with Gasteiger partial charge < -0.3 is 20.9 Å². The zero-order chi connectivity index (χ0) is 15.4. The number of aliphatic hydroxyl groups excluding tert-OH is 1. The summed E-state index contributed by atoms with van der Waals surface area (Å²) in [6.45, 7) is 2.34. The number of thiophene rings is 1. The normalized spacial score (nSPS) is 12.3. The Hall–Kier alpha value is -1.79. The summed E-state index contributed by atoms with van der Waals surface area (Å²) >= 11 is 1.35. The number of ether oxygens (including phenoxy) is 1. The number of carbonyl (C=O) groups is 1. The van der Waals surface area contributed by atoms with Crippen LogP contribution in [0.2, 0.25) is 0 Å². The summed E-state index contributed by atoms with van der Waals surface area (Å²) in [7, 11) is 1.60. The van der Waals surface area contributed by atoms with Crippen LogP contribution < -0.4 is 15.8 Å². The molecule has 0 saturated carbocycles. The number of nitrogen functional groups attached to an aromatic ring is 1. The van der Waals surface area contributed by atoms with Crippen molar-refractivity contribution >= 4 is 33.0 Å². The topological polar surface area (TPSA) is 84.6 Å². The third kappa shape index (κ3) is 3.46. The molecular weight excluding hydrogens is 288 g/mol. The van der Waals surface area contributed by atoms with Crippen LogP contribution in [0, 0.1) is 0 Å². The van der Waals surface area contributed by atoms with Gasteiger partial charge in [0.15, 0.2) is 0 Å². The predicted molar refractivity (Wildman–Crippen MR) is 86.0 cm³/mol. The van der Waals surface area contributed by atoms with Gasteiger partial charge >= 0.3 is 0 Å². The summed E-state index contributed by atoms with van der Waals surface area (Å²) in [5, 5.41) is 13.1. The Bertz CT molecular complexity index is 639. The first-order valence-corrected chi connectivity index (χ1v) is 7.70. The monoisotopic (exact) mass is 308 g/mol. The van der Waals surface area contributed by atoms with Crippen LogP contribution in [0.4, 0.5) is 5.69 Å². The summed E-state index contributed by atoms with van der Waals surface area (Å²) in [6, 6.07) is 5.55. The molecule has 0 saturated heterocycles. The lowest BCUT2D eigenvalue weighted by atomic mass is 10.2. The van der Waals surface area contributed by atoms with E-state index >= 15 is 0 Å². The van der Waals surface area contributed by atoms with Crippen LogP contribution in [-0.4, -0.2) is 30.8 Å². The summed E-state index contributed by atoms with van der Waals surface area (Å²) in [6.07, 6.45) is 0.844. The van der Waals surface area contributed by atoms with Crippen molar-refractivity contribution in [1.82, 2.24) is 5.32 Å². The average molecular weight is 308 g/mol. The quantitative estimate of drug-likeness (QED) is 0.765. The molecule has 5 nitrogen and oxygen atoms in total. The minimum Gasteiger partial charge on any atom is -0.497 e. The van der Waals surface area contributed by atoms with Gasteiger partial charge in [-0.1, -0.05) is 6.92 Å². The van der Waals surface area contributed by atoms with Crippen molar-refractivity contribution in [3.63, 3.8) is 0 Å². The number of methoxy groups -OCH3 is 1. The van der Waals surface area contributed by atoms with E-state index in [-0.39, 0.29) is 12.0 Å². The molecule has 1 heterocycles. The molecule has 0 aliphatic heterocycles. The number of nitrogens with one attached hydrogen (secondary N) is 1. The molecule has 0 fully saturated rings. The molecule has 2 rings (SSSR count). The molecule has 2 aromatic rings. The fraction of sp³-hybridized carbons (Fsp3) is 0.400. The van der Waals surface area contributed by atoms with E-state index in [1.165, 1.54) is 11.3 Å². The molecule has 1 atom stereocenters. The fourth-order valence-electron chi connectivity index (χ4n) is 2.03. The van der Waals surface area contributed by atoms with Crippen LogP contribution in [0.15, 0.2) is 18.2 Å². The third-order valence-electron chi connectivity index (χ3n) is 3.38. The SMILES string of the molecule is CCC(O)CCNC(=O)c1sc2cc(OC)ccc2c1N. The van der Waals surface area contributed by atoms with Crippen molar-refractivity contribution in [2.45, 2.75) is 25.9 Å². The number of nitrogens with two attached hydrogens (primary N) is 1. The first-order chi connectivity index (χ1) is 10.1. The lowest BCUT2D eigenvalue weighted by molar-refractivity contribution is 0.0947. The van der Waals surface area contributed by atoms with Gasteiger partial charge in [-0.15, -0.1) is 11.3 Å². The summed E-state index contributed by atoms with van der Waals surface area (Å²) in [4.78, 5) is 12.7. The Labute approximate surface area is 127 Å². The number of benzene rings is 1. The molecule has 0 spiro atoms. The molecule has 6 heteroatoms. The fourth-order valence-corrected chi connectivity index (χ4v) is 3.10. The predicted octanol–water partition coefficient (Wildman–Crippen LogP) is 2.38. The molecule has 114 valence electrons. The number of amides is 1. The van der Waals surface area contributed by atoms with Gasteiger partial charge in [-0.05, 0) is 31.0 Å². The average Bonchev–Trinajstić information content (AvgIpc) is 2.83. The summed E-state index contributed by atoms with van der Waals surface area (Å²) < 4.78 is 6.09. The zero-order valence-electron chi connectivity index (χ0n) is 12.2. The number of anilines is 1. The molecule has 0 radical (unpaired) electrons. The van der Waals surface area contributed by atoms with Gasteiger partial charge in [-0.3, -0.25) is 4.79 Å². The highest BCUT2D eigenvalue weighted by Gasteiger charge is 2.16. The summed E-state index contributed by atoms with van der Waals surface area (Å²) in [5.74, 6) is 0.540. The second-order valence-corrected chi connectivity index (χ2v) is 5.87. The van der Waals surface area contributed by atoms with Crippen LogP contribution in [-0.2, 0) is 0 Å². The van der Waals surface area contributed by atoms with Crippen molar-refractivity contribution in [2.24, 2.45) is 0 Å². The molecule has 1 amide bonds. The maximum atomic E-state index is 12.2. The number of hydrogen-bond acceptors (Lipinski definition) is 5. The van der Waals surface area contributed by atoms with Gasteiger partial charge in [-0.25, -0.2) is 0 Å². The van der Waals surface area contributed by atoms with Crippen molar-refractivity contribution in [3.8, 4) is 5.75 Å². The number of aliphatic hydroxyl groups is 1. The highest BCUT2D eigenvalue weighted by atomic mass is 32.1. The number of rotatable bonds is 6. The van der Waals surface area contributed by atoms with Gasteiger partial charge in [-0.2, -0.15) is 0 Å². The lowest BCUT2D eigenvalue weighted by Gasteiger charge is -2.08. The summed E-state index contributed by atoms with van der Waals surface area (Å²) in [5.41, 5.74) is 6.54. The van der Waals surface area contributed by atoms with E-state index in [9.17, 15) is 9.90 Å². The van der Waals surface area contributed by atoms with E-state index in [4.69, 9.17) is 10.5 Å². The van der Waals surface area contributed by atoms with Gasteiger partial charge in [0.05, 0.1) is 18.9 Å². The Kier molecular flexibility index (Phi) is 5.03. The highest BCUT2D eigenvalue weighted by Crippen LogP contribution is 2.35. The Morgan fingerprint density at radius 3 is 2.95 bits per heavy atom. The number of hydrogen-bond donors (Lipinski definition) is 3. The molecule has 1 aromatic heterocycles. The van der Waals surface area contributed by atoms with E-state index in [1.807, 2.05) is 25.1 Å². The van der Waals surface area contributed by atoms with Gasteiger partial charge in [0, 0.05) is 16.6 Å². The van der Waals surface area contributed by atoms with E-state index in [0.29, 0.717) is 30.0 Å². The molecular formula is C15H20N2O3S. The molecule has 0 aliphatic rings. The second-order valence-electron chi connectivity index (χ2n) is 4.81. The van der Waals surface area contributed by atoms with Crippen LogP contribution in [0.1, 0.15) is 29.4 Å². The van der Waals surface area contributed by atoms with Gasteiger partial charge in [0.25, 0.3) is 5.91 Å². The standard InChI is InChI=1S/C15H20N2O3S/c1-3-9(18)6-7-17-15(19)14-13(16)11-5-4-10(20-2)8-12(11)21-14/h4-5,8-9,18H,3,6-7,16H2,1-2H3,(H,17,19). The van der Waals surface area contributed by atoms with Crippen LogP contribution in [0.5, 0.6) is 5.75 Å². The van der Waals surface area contributed by atoms with Crippen LogP contribution >= 0.6 is 11.3 Å². The van der Waals surface area contributed by atoms with Crippen molar-refractivity contribution in [1.29, 1.82) is 0 Å². The van der Waals surface area contributed by atoms with E-state index < -0.39 is 0 Å². The maximum absolute atomic E-state index is 12.2. The molecule has 4 N–H and O–H groups in total. The van der Waals surface area contributed by atoms with Gasteiger partial charge in [0.1, 0.15) is 10.6 Å². The first kappa shape index (κ1) is 15.6. The largest absolute Gasteiger partial charge is 0.497 e. The minimum atomic E-state index is -0.380. The smallest absolute Gasteiger partial charge is 0.263 e. The number of carbonyl (C=O) groups excluding carboxylic acids is 1. The lowest BCUT2D eigenvalue weighted by Crippen LogP contribution is -2.26. The maximum Gasteiger partial charge on any atom is 0.263 e. The Morgan fingerprint density at radius 2 is 2.29 bits per heavy atom. The van der Waals surface area contributed by atoms with Crippen LogP contribution in [0.3, 0.4) is 0 Å². The molecule has 1 unspecified atom stereocenters. The van der Waals surface area contributed by atoms with Crippen molar-refractivity contribution < 1.29 is 14.6 Å². The van der Waals surface area contributed by atoms with Crippen molar-refractivity contribution in [2.75, 3.05) is 19.4 Å². The van der Waals surface area contributed by atoms with E-state index in [1.54, 1.807) is 7.11 Å². The van der Waals surface area contributed by atoms with E-state index in [2.05, 4.69) is 5.32 Å². The number of fused-ring (bicyclic) bond motifs is 1. The molecule has 0 aliphatic carbocycles. The first-order valence-electron chi connectivity index (χ1n) is 6.89.